The van der Waals surface area contributed by atoms with Crippen molar-refractivity contribution in [3.63, 3.8) is 0 Å². The molecule has 3 heteroatoms. The Morgan fingerprint density at radius 3 is 2.64 bits per heavy atom. The number of rotatable bonds is 1. The van der Waals surface area contributed by atoms with E-state index < -0.39 is 5.97 Å². The summed E-state index contributed by atoms with van der Waals surface area (Å²) >= 11 is 0. The Morgan fingerprint density at radius 2 is 2.00 bits per heavy atom. The Labute approximate surface area is 65.6 Å². The van der Waals surface area contributed by atoms with Gasteiger partial charge in [0, 0.05) is 6.04 Å². The maximum atomic E-state index is 10.7. The van der Waals surface area contributed by atoms with Gasteiger partial charge in [0.25, 0.3) is 0 Å². The second-order valence-electron chi connectivity index (χ2n) is 3.70. The largest absolute Gasteiger partial charge is 0.481 e. The van der Waals surface area contributed by atoms with Crippen LogP contribution in [-0.2, 0) is 4.79 Å². The van der Waals surface area contributed by atoms with Crippen molar-refractivity contribution >= 4 is 5.97 Å². The van der Waals surface area contributed by atoms with Crippen molar-refractivity contribution in [1.82, 2.24) is 0 Å². The van der Waals surface area contributed by atoms with Crippen LogP contribution in [0.2, 0.25) is 0 Å². The fourth-order valence-electron chi connectivity index (χ4n) is 2.70. The molecule has 0 unspecified atom stereocenters. The van der Waals surface area contributed by atoms with Crippen LogP contribution in [0.5, 0.6) is 0 Å². The molecule has 2 rings (SSSR count). The molecule has 62 valence electrons. The van der Waals surface area contributed by atoms with E-state index in [9.17, 15) is 4.79 Å². The Bertz CT molecular complexity index is 193. The molecule has 0 aromatic heterocycles. The first-order valence-corrected chi connectivity index (χ1v) is 4.20. The number of hydrogen-bond acceptors (Lipinski definition) is 2. The molecule has 0 amide bonds. The van der Waals surface area contributed by atoms with Crippen molar-refractivity contribution in [2.45, 2.75) is 25.3 Å². The predicted molar refractivity (Wildman–Crippen MR) is 39.9 cm³/mol. The van der Waals surface area contributed by atoms with Crippen LogP contribution in [0, 0.1) is 17.8 Å². The highest BCUT2D eigenvalue weighted by molar-refractivity contribution is 5.73. The van der Waals surface area contributed by atoms with E-state index in [0.717, 1.165) is 12.8 Å². The molecule has 0 heterocycles. The quantitative estimate of drug-likeness (QED) is 0.577. The molecule has 0 aromatic carbocycles. The molecule has 2 aliphatic carbocycles. The summed E-state index contributed by atoms with van der Waals surface area (Å²) in [5.74, 6) is 0.00162. The predicted octanol–water partition coefficient (Wildman–Crippen LogP) is 0.444. The molecular weight excluding hydrogens is 142 g/mol. The smallest absolute Gasteiger partial charge is 0.308 e. The highest BCUT2D eigenvalue weighted by atomic mass is 16.4. The van der Waals surface area contributed by atoms with Gasteiger partial charge < -0.3 is 10.8 Å². The summed E-state index contributed by atoms with van der Waals surface area (Å²) in [7, 11) is 0. The van der Waals surface area contributed by atoms with Gasteiger partial charge in [-0.15, -0.1) is 0 Å². The number of nitrogens with two attached hydrogens (primary N) is 1. The van der Waals surface area contributed by atoms with Gasteiger partial charge in [0.15, 0.2) is 0 Å². The van der Waals surface area contributed by atoms with E-state index in [1.54, 1.807) is 0 Å². The van der Waals surface area contributed by atoms with Gasteiger partial charge >= 0.3 is 5.97 Å². The highest BCUT2D eigenvalue weighted by Gasteiger charge is 2.53. The van der Waals surface area contributed by atoms with Gasteiger partial charge in [-0.05, 0) is 24.7 Å². The number of carbonyl (C=O) groups is 1. The van der Waals surface area contributed by atoms with Gasteiger partial charge in [-0.1, -0.05) is 6.42 Å². The topological polar surface area (TPSA) is 63.3 Å². The maximum Gasteiger partial charge on any atom is 0.308 e. The minimum absolute atomic E-state index is 0.0556. The van der Waals surface area contributed by atoms with Crippen molar-refractivity contribution in [2.75, 3.05) is 0 Å². The third kappa shape index (κ3) is 0.805. The Kier molecular flexibility index (Phi) is 1.42. The second-order valence-corrected chi connectivity index (χ2v) is 3.70. The number of carboxylic acid groups (broad SMARTS) is 1. The SMILES string of the molecule is N[C@H]1[C@@H]2CCC[C@@H]2[C@@H]1C(=O)O. The van der Waals surface area contributed by atoms with Crippen LogP contribution in [0.3, 0.4) is 0 Å². The standard InChI is InChI=1S/C8H13NO2/c9-7-5-3-1-2-4(5)6(7)8(10)11/h4-7H,1-3,9H2,(H,10,11)/t4-,5+,6-,7-/m0/s1. The third-order valence-electron chi connectivity index (χ3n) is 3.28. The first-order valence-electron chi connectivity index (χ1n) is 4.20. The average Bonchev–Trinajstić information content (AvgIpc) is 2.30. The maximum absolute atomic E-state index is 10.7. The van der Waals surface area contributed by atoms with E-state index in [2.05, 4.69) is 0 Å². The number of aliphatic carboxylic acids is 1. The Hall–Kier alpha value is -0.570. The molecule has 2 fully saturated rings. The van der Waals surface area contributed by atoms with Gasteiger partial charge in [-0.2, -0.15) is 0 Å². The molecule has 2 saturated carbocycles. The van der Waals surface area contributed by atoms with Crippen molar-refractivity contribution < 1.29 is 9.90 Å². The average molecular weight is 155 g/mol. The lowest BCUT2D eigenvalue weighted by molar-refractivity contribution is -0.151. The summed E-state index contributed by atoms with van der Waals surface area (Å²) in [5, 5.41) is 8.77. The minimum Gasteiger partial charge on any atom is -0.481 e. The molecule has 0 aliphatic heterocycles. The van der Waals surface area contributed by atoms with Crippen LogP contribution >= 0.6 is 0 Å². The first kappa shape index (κ1) is 7.10. The zero-order valence-corrected chi connectivity index (χ0v) is 6.36. The summed E-state index contributed by atoms with van der Waals surface area (Å²) in [6.07, 6.45) is 3.40. The molecule has 11 heavy (non-hydrogen) atoms. The van der Waals surface area contributed by atoms with E-state index >= 15 is 0 Å². The molecule has 0 spiro atoms. The summed E-state index contributed by atoms with van der Waals surface area (Å²) in [4.78, 5) is 10.7. The molecule has 2 aliphatic rings. The van der Waals surface area contributed by atoms with Crippen molar-refractivity contribution in [2.24, 2.45) is 23.5 Å². The van der Waals surface area contributed by atoms with E-state index in [1.807, 2.05) is 0 Å². The molecular formula is C8H13NO2. The monoisotopic (exact) mass is 155 g/mol. The van der Waals surface area contributed by atoms with E-state index in [-0.39, 0.29) is 12.0 Å². The normalized spacial score (nSPS) is 48.1. The molecule has 0 aromatic rings. The van der Waals surface area contributed by atoms with Crippen molar-refractivity contribution in [3.05, 3.63) is 0 Å². The minimum atomic E-state index is -0.694. The highest BCUT2D eigenvalue weighted by Crippen LogP contribution is 2.50. The van der Waals surface area contributed by atoms with Gasteiger partial charge in [0.05, 0.1) is 5.92 Å². The molecule has 0 radical (unpaired) electrons. The van der Waals surface area contributed by atoms with Gasteiger partial charge in [0.2, 0.25) is 0 Å². The molecule has 3 N–H and O–H groups in total. The van der Waals surface area contributed by atoms with Crippen LogP contribution in [0.25, 0.3) is 0 Å². The van der Waals surface area contributed by atoms with Crippen LogP contribution in [0.15, 0.2) is 0 Å². The van der Waals surface area contributed by atoms with E-state index in [4.69, 9.17) is 10.8 Å². The summed E-state index contributed by atoms with van der Waals surface area (Å²) in [6.45, 7) is 0. The summed E-state index contributed by atoms with van der Waals surface area (Å²) < 4.78 is 0. The van der Waals surface area contributed by atoms with Crippen LogP contribution < -0.4 is 5.73 Å². The van der Waals surface area contributed by atoms with Crippen LogP contribution in [0.1, 0.15) is 19.3 Å². The lowest BCUT2D eigenvalue weighted by atomic mass is 9.63. The zero-order valence-electron chi connectivity index (χ0n) is 6.36. The van der Waals surface area contributed by atoms with Crippen LogP contribution in [-0.4, -0.2) is 17.1 Å². The lowest BCUT2D eigenvalue weighted by Crippen LogP contribution is -2.57. The molecule has 0 saturated heterocycles. The number of carboxylic acids is 1. The van der Waals surface area contributed by atoms with Gasteiger partial charge in [-0.25, -0.2) is 0 Å². The first-order chi connectivity index (χ1) is 5.22. The third-order valence-corrected chi connectivity index (χ3v) is 3.28. The fraction of sp³-hybridized carbons (Fsp3) is 0.875. The van der Waals surface area contributed by atoms with E-state index in [0.29, 0.717) is 11.8 Å². The van der Waals surface area contributed by atoms with E-state index in [1.165, 1.54) is 6.42 Å². The summed E-state index contributed by atoms with van der Waals surface area (Å²) in [5.41, 5.74) is 5.73. The fourth-order valence-corrected chi connectivity index (χ4v) is 2.70. The lowest BCUT2D eigenvalue weighted by Gasteiger charge is -2.44. The van der Waals surface area contributed by atoms with Crippen LogP contribution in [0.4, 0.5) is 0 Å². The molecule has 4 atom stereocenters. The molecule has 0 bridgehead atoms. The van der Waals surface area contributed by atoms with Gasteiger partial charge in [0.1, 0.15) is 0 Å². The Morgan fingerprint density at radius 1 is 1.36 bits per heavy atom. The zero-order chi connectivity index (χ0) is 8.01. The Balaban J connectivity index is 2.09. The van der Waals surface area contributed by atoms with Crippen molar-refractivity contribution in [1.29, 1.82) is 0 Å². The van der Waals surface area contributed by atoms with Gasteiger partial charge in [-0.3, -0.25) is 4.79 Å². The molecule has 3 nitrogen and oxygen atoms in total. The second kappa shape index (κ2) is 2.21. The van der Waals surface area contributed by atoms with Crippen molar-refractivity contribution in [3.8, 4) is 0 Å². The number of fused-ring (bicyclic) bond motifs is 1. The summed E-state index contributed by atoms with van der Waals surface area (Å²) in [6, 6.07) is -0.0556. The number of hydrogen-bond donors (Lipinski definition) is 2.